The Balaban J connectivity index is 1.85. The Hall–Kier alpha value is -1.55. The number of aryl methyl sites for hydroxylation is 1. The van der Waals surface area contributed by atoms with E-state index in [9.17, 15) is 4.79 Å². The van der Waals surface area contributed by atoms with E-state index in [-0.39, 0.29) is 5.97 Å². The molecule has 1 fully saturated rings. The number of likely N-dealkylation sites (tertiary alicyclic amines) is 1. The molecule has 2 rings (SSSR count). The molecule has 0 bridgehead atoms. The van der Waals surface area contributed by atoms with Gasteiger partial charge in [0, 0.05) is 12.2 Å². The fourth-order valence-electron chi connectivity index (χ4n) is 2.21. The van der Waals surface area contributed by atoms with E-state index in [4.69, 9.17) is 10.5 Å². The van der Waals surface area contributed by atoms with Crippen LogP contribution in [-0.2, 0) is 4.74 Å². The van der Waals surface area contributed by atoms with Gasteiger partial charge in [-0.25, -0.2) is 4.79 Å². The molecule has 98 valence electrons. The molecule has 0 unspecified atom stereocenters. The highest BCUT2D eigenvalue weighted by Crippen LogP contribution is 2.14. The lowest BCUT2D eigenvalue weighted by Crippen LogP contribution is -2.25. The largest absolute Gasteiger partial charge is 0.461 e. The third-order valence-electron chi connectivity index (χ3n) is 3.32. The summed E-state index contributed by atoms with van der Waals surface area (Å²) in [6, 6.07) is 5.30. The van der Waals surface area contributed by atoms with E-state index in [0.717, 1.165) is 25.2 Å². The summed E-state index contributed by atoms with van der Waals surface area (Å²) in [5.41, 5.74) is 7.73. The standard InChI is InChI=1S/C14H20N2O2/c1-11-4-5-12(15)10-13(11)14(17)18-9-8-16-6-2-3-7-16/h4-5,10H,2-3,6-9,15H2,1H3. The lowest BCUT2D eigenvalue weighted by molar-refractivity contribution is 0.0471. The summed E-state index contributed by atoms with van der Waals surface area (Å²) >= 11 is 0. The number of nitrogens with zero attached hydrogens (tertiary/aromatic N) is 1. The average molecular weight is 248 g/mol. The van der Waals surface area contributed by atoms with Crippen LogP contribution >= 0.6 is 0 Å². The molecule has 1 saturated heterocycles. The molecule has 1 aliphatic rings. The van der Waals surface area contributed by atoms with E-state index in [1.165, 1.54) is 12.8 Å². The summed E-state index contributed by atoms with van der Waals surface area (Å²) in [6.07, 6.45) is 2.50. The second-order valence-corrected chi connectivity index (χ2v) is 4.76. The molecule has 0 spiro atoms. The van der Waals surface area contributed by atoms with Crippen molar-refractivity contribution in [1.29, 1.82) is 0 Å². The van der Waals surface area contributed by atoms with Gasteiger partial charge in [0.2, 0.25) is 0 Å². The van der Waals surface area contributed by atoms with Gasteiger partial charge in [-0.2, -0.15) is 0 Å². The zero-order chi connectivity index (χ0) is 13.0. The molecule has 1 aromatic rings. The van der Waals surface area contributed by atoms with E-state index in [1.54, 1.807) is 12.1 Å². The Kier molecular flexibility index (Phi) is 4.20. The third kappa shape index (κ3) is 3.23. The van der Waals surface area contributed by atoms with Crippen LogP contribution in [-0.4, -0.2) is 37.1 Å². The number of nitrogen functional groups attached to an aromatic ring is 1. The number of hydrogen-bond donors (Lipinski definition) is 1. The molecule has 0 amide bonds. The molecule has 1 heterocycles. The maximum Gasteiger partial charge on any atom is 0.338 e. The van der Waals surface area contributed by atoms with Crippen molar-refractivity contribution in [3.05, 3.63) is 29.3 Å². The van der Waals surface area contributed by atoms with Crippen molar-refractivity contribution in [1.82, 2.24) is 4.90 Å². The second kappa shape index (κ2) is 5.87. The SMILES string of the molecule is Cc1ccc(N)cc1C(=O)OCCN1CCCC1. The maximum atomic E-state index is 11.9. The first-order chi connectivity index (χ1) is 8.66. The normalized spacial score (nSPS) is 15.8. The minimum absolute atomic E-state index is 0.279. The molecular formula is C14H20N2O2. The Morgan fingerprint density at radius 3 is 2.83 bits per heavy atom. The summed E-state index contributed by atoms with van der Waals surface area (Å²) < 4.78 is 5.29. The van der Waals surface area contributed by atoms with Crippen LogP contribution in [0, 0.1) is 6.92 Å². The molecule has 1 aromatic carbocycles. The van der Waals surface area contributed by atoms with E-state index >= 15 is 0 Å². The van der Waals surface area contributed by atoms with Crippen LogP contribution in [0.5, 0.6) is 0 Å². The summed E-state index contributed by atoms with van der Waals surface area (Å²) in [4.78, 5) is 14.2. The fourth-order valence-corrected chi connectivity index (χ4v) is 2.21. The van der Waals surface area contributed by atoms with Gasteiger partial charge in [0.05, 0.1) is 5.56 Å². The van der Waals surface area contributed by atoms with Crippen molar-refractivity contribution in [2.75, 3.05) is 32.0 Å². The third-order valence-corrected chi connectivity index (χ3v) is 3.32. The molecular weight excluding hydrogens is 228 g/mol. The van der Waals surface area contributed by atoms with Crippen molar-refractivity contribution >= 4 is 11.7 Å². The van der Waals surface area contributed by atoms with Crippen LogP contribution < -0.4 is 5.73 Å². The quantitative estimate of drug-likeness (QED) is 0.652. The molecule has 2 N–H and O–H groups in total. The lowest BCUT2D eigenvalue weighted by Gasteiger charge is -2.14. The Morgan fingerprint density at radius 2 is 2.11 bits per heavy atom. The van der Waals surface area contributed by atoms with Gasteiger partial charge < -0.3 is 10.5 Å². The van der Waals surface area contributed by atoms with Gasteiger partial charge in [-0.1, -0.05) is 6.07 Å². The van der Waals surface area contributed by atoms with Gasteiger partial charge in [0.1, 0.15) is 6.61 Å². The highest BCUT2D eigenvalue weighted by molar-refractivity contribution is 5.92. The molecule has 4 nitrogen and oxygen atoms in total. The highest BCUT2D eigenvalue weighted by Gasteiger charge is 2.14. The molecule has 1 aliphatic heterocycles. The Morgan fingerprint density at radius 1 is 1.39 bits per heavy atom. The molecule has 0 aromatic heterocycles. The molecule has 0 aliphatic carbocycles. The number of hydrogen-bond acceptors (Lipinski definition) is 4. The monoisotopic (exact) mass is 248 g/mol. The van der Waals surface area contributed by atoms with Crippen molar-refractivity contribution in [2.24, 2.45) is 0 Å². The van der Waals surface area contributed by atoms with Crippen LogP contribution in [0.15, 0.2) is 18.2 Å². The zero-order valence-electron chi connectivity index (χ0n) is 10.8. The zero-order valence-corrected chi connectivity index (χ0v) is 10.8. The molecule has 18 heavy (non-hydrogen) atoms. The number of anilines is 1. The predicted molar refractivity (Wildman–Crippen MR) is 71.5 cm³/mol. The Labute approximate surface area is 108 Å². The van der Waals surface area contributed by atoms with Crippen LogP contribution in [0.2, 0.25) is 0 Å². The van der Waals surface area contributed by atoms with Crippen molar-refractivity contribution in [3.63, 3.8) is 0 Å². The minimum atomic E-state index is -0.279. The summed E-state index contributed by atoms with van der Waals surface area (Å²) in [5, 5.41) is 0. The van der Waals surface area contributed by atoms with Crippen LogP contribution in [0.4, 0.5) is 5.69 Å². The highest BCUT2D eigenvalue weighted by atomic mass is 16.5. The number of benzene rings is 1. The molecule has 0 radical (unpaired) electrons. The van der Waals surface area contributed by atoms with E-state index in [1.807, 2.05) is 13.0 Å². The van der Waals surface area contributed by atoms with Crippen molar-refractivity contribution in [3.8, 4) is 0 Å². The van der Waals surface area contributed by atoms with Gasteiger partial charge in [-0.05, 0) is 50.6 Å². The summed E-state index contributed by atoms with van der Waals surface area (Å²) in [6.45, 7) is 5.40. The number of esters is 1. The fraction of sp³-hybridized carbons (Fsp3) is 0.500. The smallest absolute Gasteiger partial charge is 0.338 e. The van der Waals surface area contributed by atoms with E-state index < -0.39 is 0 Å². The Bertz CT molecular complexity index is 426. The number of carbonyl (C=O) groups excluding carboxylic acids is 1. The molecule has 0 atom stereocenters. The molecule has 4 heteroatoms. The van der Waals surface area contributed by atoms with Gasteiger partial charge in [0.15, 0.2) is 0 Å². The van der Waals surface area contributed by atoms with Crippen LogP contribution in [0.25, 0.3) is 0 Å². The number of carbonyl (C=O) groups is 1. The van der Waals surface area contributed by atoms with E-state index in [2.05, 4.69) is 4.90 Å². The second-order valence-electron chi connectivity index (χ2n) is 4.76. The number of ether oxygens (including phenoxy) is 1. The number of rotatable bonds is 4. The minimum Gasteiger partial charge on any atom is -0.461 e. The molecule has 0 saturated carbocycles. The van der Waals surface area contributed by atoms with Gasteiger partial charge in [-0.15, -0.1) is 0 Å². The van der Waals surface area contributed by atoms with Gasteiger partial charge in [-0.3, -0.25) is 4.90 Å². The maximum absolute atomic E-state index is 11.9. The van der Waals surface area contributed by atoms with Crippen LogP contribution in [0.1, 0.15) is 28.8 Å². The predicted octanol–water partition coefficient (Wildman–Crippen LogP) is 1.83. The summed E-state index contributed by atoms with van der Waals surface area (Å²) in [7, 11) is 0. The van der Waals surface area contributed by atoms with Gasteiger partial charge in [0.25, 0.3) is 0 Å². The van der Waals surface area contributed by atoms with Crippen molar-refractivity contribution < 1.29 is 9.53 Å². The van der Waals surface area contributed by atoms with Crippen molar-refractivity contribution in [2.45, 2.75) is 19.8 Å². The first-order valence-electron chi connectivity index (χ1n) is 6.42. The lowest BCUT2D eigenvalue weighted by atomic mass is 10.1. The first-order valence-corrected chi connectivity index (χ1v) is 6.42. The topological polar surface area (TPSA) is 55.6 Å². The summed E-state index contributed by atoms with van der Waals surface area (Å²) in [5.74, 6) is -0.279. The van der Waals surface area contributed by atoms with Gasteiger partial charge >= 0.3 is 5.97 Å². The van der Waals surface area contributed by atoms with Crippen LogP contribution in [0.3, 0.4) is 0 Å². The number of nitrogens with two attached hydrogens (primary N) is 1. The average Bonchev–Trinajstić information content (AvgIpc) is 2.85. The van der Waals surface area contributed by atoms with E-state index in [0.29, 0.717) is 17.9 Å². The first kappa shape index (κ1) is 12.9.